The molecule has 10 heteroatoms. The Balaban J connectivity index is 2.19. The Morgan fingerprint density at radius 1 is 1.46 bits per heavy atom. The molecule has 1 saturated heterocycles. The number of benzene rings is 1. The number of hydrogen-bond donors (Lipinski definition) is 4. The Morgan fingerprint density at radius 2 is 2.08 bits per heavy atom. The number of nitrogens with zero attached hydrogens (tertiary/aromatic N) is 1. The number of nitro groups is 1. The van der Waals surface area contributed by atoms with E-state index in [1.165, 1.54) is 31.2 Å². The normalized spacial score (nSPS) is 29.8. The van der Waals surface area contributed by atoms with Crippen LogP contribution in [0.1, 0.15) is 6.92 Å². The molecule has 1 aromatic carbocycles. The van der Waals surface area contributed by atoms with Gasteiger partial charge in [-0.15, -0.1) is 0 Å². The van der Waals surface area contributed by atoms with Crippen LogP contribution < -0.4 is 10.1 Å². The minimum atomic E-state index is -1.10. The van der Waals surface area contributed by atoms with E-state index in [1.54, 1.807) is 0 Å². The molecule has 1 aromatic rings. The number of carbonyl (C=O) groups is 1. The van der Waals surface area contributed by atoms with Crippen molar-refractivity contribution in [2.45, 2.75) is 36.7 Å². The molecular formula is C14H18N2O7S. The molecule has 0 unspecified atom stereocenters. The van der Waals surface area contributed by atoms with Crippen LogP contribution in [-0.4, -0.2) is 57.4 Å². The average Bonchev–Trinajstić information content (AvgIpc) is 2.54. The third-order valence-electron chi connectivity index (χ3n) is 3.55. The second kappa shape index (κ2) is 7.79. The number of thiol groups is 1. The number of ether oxygens (including phenoxy) is 2. The lowest BCUT2D eigenvalue weighted by molar-refractivity contribution is -0.384. The summed E-state index contributed by atoms with van der Waals surface area (Å²) in [4.78, 5) is 21.5. The van der Waals surface area contributed by atoms with Crippen molar-refractivity contribution in [3.63, 3.8) is 0 Å². The molecule has 0 bridgehead atoms. The van der Waals surface area contributed by atoms with E-state index in [0.29, 0.717) is 0 Å². The molecular weight excluding hydrogens is 340 g/mol. The standard InChI is InChI=1S/C14H18N2O7S/c1-7(18)15-11-13(24)12(19)10(6-17)23-14(11)22-9-4-2-8(3-5-9)16(20)21/h2-5,10-14,17,19,24H,6H2,1H3,(H,15,18)/t10-,11-,12-,13-,14-/m1/s1. The topological polar surface area (TPSA) is 131 Å². The second-order valence-corrected chi connectivity index (χ2v) is 5.90. The molecule has 0 radical (unpaired) electrons. The van der Waals surface area contributed by atoms with Gasteiger partial charge in [-0.05, 0) is 12.1 Å². The van der Waals surface area contributed by atoms with Gasteiger partial charge in [-0.25, -0.2) is 0 Å². The van der Waals surface area contributed by atoms with Gasteiger partial charge in [-0.1, -0.05) is 0 Å². The molecule has 3 N–H and O–H groups in total. The Labute approximate surface area is 143 Å². The number of amides is 1. The van der Waals surface area contributed by atoms with Crippen LogP contribution in [0.3, 0.4) is 0 Å². The Kier molecular flexibility index (Phi) is 5.99. The van der Waals surface area contributed by atoms with Crippen LogP contribution >= 0.6 is 12.6 Å². The molecule has 5 atom stereocenters. The summed E-state index contributed by atoms with van der Waals surface area (Å²) >= 11 is 4.28. The molecule has 9 nitrogen and oxygen atoms in total. The van der Waals surface area contributed by atoms with Gasteiger partial charge in [0, 0.05) is 19.1 Å². The van der Waals surface area contributed by atoms with Gasteiger partial charge in [0.1, 0.15) is 17.9 Å². The third kappa shape index (κ3) is 4.15. The summed E-state index contributed by atoms with van der Waals surface area (Å²) in [7, 11) is 0. The zero-order valence-corrected chi connectivity index (χ0v) is 13.6. The summed E-state index contributed by atoms with van der Waals surface area (Å²) in [6, 6.07) is 4.53. The van der Waals surface area contributed by atoms with Crippen molar-refractivity contribution >= 4 is 24.2 Å². The summed E-state index contributed by atoms with van der Waals surface area (Å²) < 4.78 is 11.1. The van der Waals surface area contributed by atoms with Gasteiger partial charge in [0.25, 0.3) is 5.69 Å². The molecule has 2 rings (SSSR count). The highest BCUT2D eigenvalue weighted by atomic mass is 32.1. The Bertz CT molecular complexity index is 597. The number of aliphatic hydroxyl groups is 2. The predicted octanol–water partition coefficient (Wildman–Crippen LogP) is -0.145. The molecule has 1 aliphatic heterocycles. The van der Waals surface area contributed by atoms with E-state index in [4.69, 9.17) is 9.47 Å². The number of nitro benzene ring substituents is 1. The van der Waals surface area contributed by atoms with Crippen LogP contribution in [0.4, 0.5) is 5.69 Å². The van der Waals surface area contributed by atoms with E-state index in [2.05, 4.69) is 17.9 Å². The van der Waals surface area contributed by atoms with Crippen LogP contribution in [0, 0.1) is 10.1 Å². The molecule has 0 aliphatic carbocycles. The quantitative estimate of drug-likeness (QED) is 0.327. The molecule has 0 spiro atoms. The number of nitrogens with one attached hydrogen (secondary N) is 1. The summed E-state index contributed by atoms with van der Waals surface area (Å²) in [5.41, 5.74) is -0.0962. The highest BCUT2D eigenvalue weighted by Gasteiger charge is 2.45. The fraction of sp³-hybridized carbons (Fsp3) is 0.500. The van der Waals surface area contributed by atoms with Crippen molar-refractivity contribution in [1.82, 2.24) is 5.32 Å². The van der Waals surface area contributed by atoms with E-state index in [9.17, 15) is 25.1 Å². The van der Waals surface area contributed by atoms with Gasteiger partial charge in [-0.3, -0.25) is 14.9 Å². The molecule has 1 heterocycles. The highest BCUT2D eigenvalue weighted by Crippen LogP contribution is 2.28. The molecule has 24 heavy (non-hydrogen) atoms. The van der Waals surface area contributed by atoms with Gasteiger partial charge in [0.2, 0.25) is 12.2 Å². The minimum Gasteiger partial charge on any atom is -0.463 e. The van der Waals surface area contributed by atoms with E-state index in [1.807, 2.05) is 0 Å². The lowest BCUT2D eigenvalue weighted by Crippen LogP contribution is -2.63. The molecule has 132 valence electrons. The Morgan fingerprint density at radius 3 is 2.58 bits per heavy atom. The van der Waals surface area contributed by atoms with Crippen LogP contribution in [0.25, 0.3) is 0 Å². The zero-order chi connectivity index (χ0) is 17.9. The first-order chi connectivity index (χ1) is 11.3. The number of hydrogen-bond acceptors (Lipinski definition) is 8. The van der Waals surface area contributed by atoms with E-state index in [-0.39, 0.29) is 17.3 Å². The monoisotopic (exact) mass is 358 g/mol. The maximum Gasteiger partial charge on any atom is 0.269 e. The SMILES string of the molecule is CC(=O)N[C@H]1[C@H](Oc2ccc([N+](=O)[O-])cc2)O[C@H](CO)[C@@H](O)[C@@H]1S. The molecule has 1 amide bonds. The first-order valence-electron chi connectivity index (χ1n) is 7.14. The maximum absolute atomic E-state index is 11.4. The highest BCUT2D eigenvalue weighted by molar-refractivity contribution is 7.81. The fourth-order valence-electron chi connectivity index (χ4n) is 2.35. The maximum atomic E-state index is 11.4. The van der Waals surface area contributed by atoms with Crippen molar-refractivity contribution in [3.05, 3.63) is 34.4 Å². The van der Waals surface area contributed by atoms with Crippen LogP contribution in [0.5, 0.6) is 5.75 Å². The number of aliphatic hydroxyl groups excluding tert-OH is 2. The first-order valence-corrected chi connectivity index (χ1v) is 7.65. The third-order valence-corrected chi connectivity index (χ3v) is 4.18. The van der Waals surface area contributed by atoms with Crippen molar-refractivity contribution in [2.24, 2.45) is 0 Å². The van der Waals surface area contributed by atoms with Crippen LogP contribution in [0.15, 0.2) is 24.3 Å². The lowest BCUT2D eigenvalue weighted by atomic mass is 9.99. The van der Waals surface area contributed by atoms with Crippen molar-refractivity contribution in [2.75, 3.05) is 6.61 Å². The van der Waals surface area contributed by atoms with Gasteiger partial charge in [0.05, 0.1) is 22.9 Å². The van der Waals surface area contributed by atoms with Gasteiger partial charge in [0.15, 0.2) is 0 Å². The van der Waals surface area contributed by atoms with Crippen LogP contribution in [0.2, 0.25) is 0 Å². The smallest absolute Gasteiger partial charge is 0.269 e. The molecule has 0 aromatic heterocycles. The van der Waals surface area contributed by atoms with E-state index < -0.39 is 41.3 Å². The van der Waals surface area contributed by atoms with E-state index >= 15 is 0 Å². The minimum absolute atomic E-state index is 0.0962. The van der Waals surface area contributed by atoms with Crippen LogP contribution in [-0.2, 0) is 9.53 Å². The predicted molar refractivity (Wildman–Crippen MR) is 85.9 cm³/mol. The number of rotatable bonds is 5. The second-order valence-electron chi connectivity index (χ2n) is 5.30. The number of non-ortho nitro benzene ring substituents is 1. The summed E-state index contributed by atoms with van der Waals surface area (Å²) in [5, 5.41) is 31.9. The molecule has 1 fully saturated rings. The van der Waals surface area contributed by atoms with Gasteiger partial charge in [-0.2, -0.15) is 12.6 Å². The lowest BCUT2D eigenvalue weighted by Gasteiger charge is -2.42. The zero-order valence-electron chi connectivity index (χ0n) is 12.7. The van der Waals surface area contributed by atoms with Crippen molar-refractivity contribution < 1.29 is 29.4 Å². The molecule has 0 saturated carbocycles. The van der Waals surface area contributed by atoms with Gasteiger partial charge < -0.3 is 25.0 Å². The van der Waals surface area contributed by atoms with Gasteiger partial charge >= 0.3 is 0 Å². The van der Waals surface area contributed by atoms with Crippen molar-refractivity contribution in [1.29, 1.82) is 0 Å². The largest absolute Gasteiger partial charge is 0.463 e. The number of carbonyl (C=O) groups excluding carboxylic acids is 1. The first kappa shape index (κ1) is 18.5. The van der Waals surface area contributed by atoms with Crippen molar-refractivity contribution in [3.8, 4) is 5.75 Å². The summed E-state index contributed by atoms with van der Waals surface area (Å²) in [6.45, 7) is 0.846. The average molecular weight is 358 g/mol. The molecule has 1 aliphatic rings. The fourth-order valence-corrected chi connectivity index (χ4v) is 2.76. The van der Waals surface area contributed by atoms with E-state index in [0.717, 1.165) is 0 Å². The summed E-state index contributed by atoms with van der Waals surface area (Å²) in [6.07, 6.45) is -3.06. The Hall–Kier alpha value is -1.88. The summed E-state index contributed by atoms with van der Waals surface area (Å²) in [5.74, 6) is -0.0934.